The number of allylic oxidation sites excluding steroid dienone is 1. The lowest BCUT2D eigenvalue weighted by molar-refractivity contribution is 0.0872. The highest BCUT2D eigenvalue weighted by Crippen LogP contribution is 2.44. The number of Topliss-reactive ketones (excluding diaryl/α,β-unsaturated/α-hetero) is 1. The number of hydrogen-bond donors (Lipinski definition) is 0. The molecule has 0 bridgehead atoms. The number of nitrogens with zero attached hydrogens (tertiary/aromatic N) is 2. The lowest BCUT2D eigenvalue weighted by Gasteiger charge is -2.30. The molecule has 0 aliphatic carbocycles. The summed E-state index contributed by atoms with van der Waals surface area (Å²) in [6, 6.07) is 14.3. The number of fused-ring (bicyclic) bond motifs is 4. The van der Waals surface area contributed by atoms with Gasteiger partial charge in [0.2, 0.25) is 5.78 Å². The highest BCUT2D eigenvalue weighted by Gasteiger charge is 2.35. The summed E-state index contributed by atoms with van der Waals surface area (Å²) in [7, 11) is 1.64. The molecule has 0 saturated heterocycles. The molecule has 0 amide bonds. The summed E-state index contributed by atoms with van der Waals surface area (Å²) in [4.78, 5) is 15.6. The summed E-state index contributed by atoms with van der Waals surface area (Å²) in [5.41, 5.74) is 5.20. The van der Waals surface area contributed by atoms with Gasteiger partial charge in [-0.3, -0.25) is 9.69 Å². The minimum atomic E-state index is -0.260. The minimum Gasteiger partial charge on any atom is -0.497 e. The Bertz CT molecular complexity index is 1570. The van der Waals surface area contributed by atoms with Crippen LogP contribution in [0, 0.1) is 12.7 Å². The van der Waals surface area contributed by atoms with E-state index in [2.05, 4.69) is 16.4 Å². The number of benzene rings is 3. The van der Waals surface area contributed by atoms with Crippen molar-refractivity contribution in [2.45, 2.75) is 33.5 Å². The van der Waals surface area contributed by atoms with Crippen molar-refractivity contribution in [2.75, 3.05) is 13.8 Å². The Hall–Kier alpha value is -4.10. The normalized spacial score (nSPS) is 16.0. The van der Waals surface area contributed by atoms with Gasteiger partial charge in [-0.1, -0.05) is 12.1 Å². The summed E-state index contributed by atoms with van der Waals surface area (Å²) in [6.07, 6.45) is 3.86. The lowest BCUT2D eigenvalue weighted by Crippen LogP contribution is -2.31. The van der Waals surface area contributed by atoms with E-state index >= 15 is 0 Å². The van der Waals surface area contributed by atoms with Crippen molar-refractivity contribution >= 4 is 22.8 Å². The molecule has 0 spiro atoms. The summed E-state index contributed by atoms with van der Waals surface area (Å²) < 4.78 is 33.2. The van der Waals surface area contributed by atoms with Gasteiger partial charge < -0.3 is 18.8 Å². The number of methoxy groups -OCH3 is 1. The maximum atomic E-state index is 13.5. The Morgan fingerprint density at radius 3 is 2.70 bits per heavy atom. The van der Waals surface area contributed by atoms with Crippen molar-refractivity contribution in [1.29, 1.82) is 0 Å². The molecule has 3 heterocycles. The van der Waals surface area contributed by atoms with Crippen LogP contribution in [-0.2, 0) is 19.6 Å². The fourth-order valence-corrected chi connectivity index (χ4v) is 5.17. The molecular formula is C30H27FN2O4. The molecule has 7 heteroatoms. The van der Waals surface area contributed by atoms with Gasteiger partial charge in [-0.05, 0) is 67.4 Å². The molecule has 188 valence electrons. The summed E-state index contributed by atoms with van der Waals surface area (Å²) in [5.74, 6) is 1.95. The van der Waals surface area contributed by atoms with E-state index in [1.165, 1.54) is 12.1 Å². The quantitative estimate of drug-likeness (QED) is 0.312. The molecule has 6 rings (SSSR count). The molecule has 2 aliphatic rings. The van der Waals surface area contributed by atoms with Gasteiger partial charge in [-0.2, -0.15) is 0 Å². The zero-order chi connectivity index (χ0) is 25.7. The van der Waals surface area contributed by atoms with E-state index in [9.17, 15) is 9.18 Å². The SMILES string of the molecule is CCn1cc(/C=C2\Oc3c4c(cc(C)c3C2=O)OCN(Cc2ccc(F)cc2)C4)c2cc(OC)ccc21. The van der Waals surface area contributed by atoms with Gasteiger partial charge in [-0.25, -0.2) is 4.39 Å². The van der Waals surface area contributed by atoms with Crippen molar-refractivity contribution in [3.63, 3.8) is 0 Å². The predicted molar refractivity (Wildman–Crippen MR) is 139 cm³/mol. The molecule has 2 aliphatic heterocycles. The summed E-state index contributed by atoms with van der Waals surface area (Å²) in [6.45, 7) is 6.35. The molecule has 0 atom stereocenters. The van der Waals surface area contributed by atoms with Gasteiger partial charge in [0, 0.05) is 42.3 Å². The fourth-order valence-electron chi connectivity index (χ4n) is 5.17. The van der Waals surface area contributed by atoms with Crippen molar-refractivity contribution in [2.24, 2.45) is 0 Å². The van der Waals surface area contributed by atoms with Crippen molar-refractivity contribution in [3.05, 3.63) is 94.1 Å². The van der Waals surface area contributed by atoms with E-state index in [1.54, 1.807) is 19.2 Å². The molecule has 1 aromatic heterocycles. The van der Waals surface area contributed by atoms with Gasteiger partial charge in [0.1, 0.15) is 29.8 Å². The average Bonchev–Trinajstić information content (AvgIpc) is 3.43. The maximum Gasteiger partial charge on any atom is 0.232 e. The van der Waals surface area contributed by atoms with Crippen LogP contribution in [0.25, 0.3) is 17.0 Å². The average molecular weight is 499 g/mol. The van der Waals surface area contributed by atoms with Crippen molar-refractivity contribution in [1.82, 2.24) is 9.47 Å². The smallest absolute Gasteiger partial charge is 0.232 e. The van der Waals surface area contributed by atoms with E-state index in [-0.39, 0.29) is 11.6 Å². The van der Waals surface area contributed by atoms with Gasteiger partial charge in [-0.15, -0.1) is 0 Å². The zero-order valence-electron chi connectivity index (χ0n) is 21.0. The Kier molecular flexibility index (Phi) is 5.72. The Morgan fingerprint density at radius 2 is 1.95 bits per heavy atom. The molecule has 6 nitrogen and oxygen atoms in total. The molecule has 37 heavy (non-hydrogen) atoms. The van der Waals surface area contributed by atoms with E-state index in [4.69, 9.17) is 14.2 Å². The third-order valence-electron chi connectivity index (χ3n) is 7.05. The number of hydrogen-bond acceptors (Lipinski definition) is 5. The standard InChI is InChI=1S/C30H27FN2O4/c1-4-33-15-20(23-13-22(35-3)9-10-25(23)33)12-27-29(34)28-18(2)11-26-24(30(28)37-27)16-32(17-36-26)14-19-5-7-21(31)8-6-19/h5-13,15H,4,14,16-17H2,1-3H3/b27-12-. The summed E-state index contributed by atoms with van der Waals surface area (Å²) in [5, 5.41) is 0.994. The van der Waals surface area contributed by atoms with Crippen LogP contribution in [0.5, 0.6) is 17.2 Å². The molecule has 0 saturated carbocycles. The largest absolute Gasteiger partial charge is 0.497 e. The number of carbonyl (C=O) groups excluding carboxylic acids is 1. The molecule has 0 radical (unpaired) electrons. The van der Waals surface area contributed by atoms with Crippen molar-refractivity contribution < 1.29 is 23.4 Å². The Balaban J connectivity index is 1.35. The monoisotopic (exact) mass is 498 g/mol. The van der Waals surface area contributed by atoms with E-state index in [1.807, 2.05) is 43.5 Å². The van der Waals surface area contributed by atoms with Gasteiger partial charge in [0.15, 0.2) is 5.76 Å². The van der Waals surface area contributed by atoms with E-state index in [0.29, 0.717) is 36.9 Å². The number of rotatable bonds is 5. The maximum absolute atomic E-state index is 13.5. The number of halogens is 1. The van der Waals surface area contributed by atoms with Crippen LogP contribution in [-0.4, -0.2) is 29.1 Å². The minimum absolute atomic E-state index is 0.133. The first-order valence-corrected chi connectivity index (χ1v) is 12.3. The van der Waals surface area contributed by atoms with Crippen LogP contribution in [0.4, 0.5) is 4.39 Å². The third-order valence-corrected chi connectivity index (χ3v) is 7.05. The second-order valence-electron chi connectivity index (χ2n) is 9.45. The van der Waals surface area contributed by atoms with Crippen LogP contribution < -0.4 is 14.2 Å². The molecule has 3 aromatic carbocycles. The van der Waals surface area contributed by atoms with E-state index in [0.717, 1.165) is 51.2 Å². The summed E-state index contributed by atoms with van der Waals surface area (Å²) >= 11 is 0. The van der Waals surface area contributed by atoms with E-state index < -0.39 is 0 Å². The number of carbonyl (C=O) groups is 1. The lowest BCUT2D eigenvalue weighted by atomic mass is 9.98. The van der Waals surface area contributed by atoms with Gasteiger partial charge >= 0.3 is 0 Å². The molecule has 0 unspecified atom stereocenters. The van der Waals surface area contributed by atoms with Crippen LogP contribution in [0.15, 0.2) is 60.5 Å². The Morgan fingerprint density at radius 1 is 1.14 bits per heavy atom. The number of ether oxygens (including phenoxy) is 3. The predicted octanol–water partition coefficient (Wildman–Crippen LogP) is 6.09. The zero-order valence-corrected chi connectivity index (χ0v) is 21.0. The van der Waals surface area contributed by atoms with Crippen LogP contribution in [0.1, 0.15) is 39.5 Å². The van der Waals surface area contributed by atoms with Crippen molar-refractivity contribution in [3.8, 4) is 17.2 Å². The molecule has 4 aromatic rings. The first kappa shape index (κ1) is 23.3. The topological polar surface area (TPSA) is 52.9 Å². The first-order chi connectivity index (χ1) is 17.9. The molecule has 0 N–H and O–H groups in total. The number of aryl methyl sites for hydroxylation is 2. The van der Waals surface area contributed by atoms with Crippen LogP contribution in [0.3, 0.4) is 0 Å². The Labute approximate surface area is 214 Å². The number of aromatic nitrogens is 1. The molecular weight excluding hydrogens is 471 g/mol. The van der Waals surface area contributed by atoms with Crippen LogP contribution >= 0.6 is 0 Å². The number of ketones is 1. The van der Waals surface area contributed by atoms with Crippen LogP contribution in [0.2, 0.25) is 0 Å². The van der Waals surface area contributed by atoms with Gasteiger partial charge in [0.05, 0.1) is 18.2 Å². The fraction of sp³-hybridized carbons (Fsp3) is 0.233. The first-order valence-electron chi connectivity index (χ1n) is 12.3. The molecule has 0 fully saturated rings. The highest BCUT2D eigenvalue weighted by atomic mass is 19.1. The van der Waals surface area contributed by atoms with Gasteiger partial charge in [0.25, 0.3) is 0 Å². The highest BCUT2D eigenvalue weighted by molar-refractivity contribution is 6.16. The third kappa shape index (κ3) is 4.05. The second kappa shape index (κ2) is 9.09. The second-order valence-corrected chi connectivity index (χ2v) is 9.45.